The monoisotopic (exact) mass is 174 g/mol. The summed E-state index contributed by atoms with van der Waals surface area (Å²) >= 11 is 0. The van der Waals surface area contributed by atoms with Gasteiger partial charge in [-0.05, 0) is 12.2 Å². The zero-order valence-corrected chi connectivity index (χ0v) is 6.73. The summed E-state index contributed by atoms with van der Waals surface area (Å²) in [7, 11) is 0. The van der Waals surface area contributed by atoms with E-state index in [1.165, 1.54) is 6.08 Å². The third-order valence-corrected chi connectivity index (χ3v) is 1.79. The van der Waals surface area contributed by atoms with E-state index in [1.54, 1.807) is 18.2 Å². The van der Waals surface area contributed by atoms with E-state index in [0.717, 1.165) is 0 Å². The predicted molar refractivity (Wildman–Crippen MR) is 44.8 cm³/mol. The summed E-state index contributed by atoms with van der Waals surface area (Å²) in [5.41, 5.74) is 0.940. The number of hydrogen-bond acceptors (Lipinski definition) is 3. The topological polar surface area (TPSA) is 58.9 Å². The van der Waals surface area contributed by atoms with Gasteiger partial charge in [0.15, 0.2) is 5.78 Å². The van der Waals surface area contributed by atoms with Crippen LogP contribution in [0.4, 0.5) is 0 Å². The number of azo groups is 1. The molecule has 0 aromatic rings. The molecule has 0 bridgehead atoms. The Morgan fingerprint density at radius 2 is 2.08 bits per heavy atom. The Morgan fingerprint density at radius 3 is 2.92 bits per heavy atom. The van der Waals surface area contributed by atoms with Gasteiger partial charge in [-0.15, -0.1) is 10.2 Å². The summed E-state index contributed by atoms with van der Waals surface area (Å²) in [5, 5.41) is 7.09. The number of rotatable bonds is 0. The Balaban J connectivity index is 2.49. The van der Waals surface area contributed by atoms with Gasteiger partial charge in [0.05, 0.1) is 5.70 Å². The highest BCUT2D eigenvalue weighted by Crippen LogP contribution is 2.21. The first-order valence-electron chi connectivity index (χ1n) is 3.85. The molecule has 0 radical (unpaired) electrons. The Bertz CT molecular complexity index is 400. The molecule has 2 rings (SSSR count). The van der Waals surface area contributed by atoms with Crippen LogP contribution in [0.5, 0.6) is 0 Å². The fourth-order valence-electron chi connectivity index (χ4n) is 1.16. The second-order valence-electron chi connectivity index (χ2n) is 2.69. The van der Waals surface area contributed by atoms with E-state index in [1.807, 2.05) is 0 Å². The molecule has 0 aromatic heterocycles. The molecule has 0 fully saturated rings. The number of allylic oxidation sites excluding steroid dienone is 4. The average molecular weight is 174 g/mol. The Morgan fingerprint density at radius 1 is 1.23 bits per heavy atom. The molecule has 0 saturated carbocycles. The SMILES string of the molecule is O=C1CC=C2C(=O)C=CC=C2N=N1. The zero-order chi connectivity index (χ0) is 9.26. The molecule has 64 valence electrons. The number of carbonyl (C=O) groups is 2. The maximum absolute atomic E-state index is 11.3. The van der Waals surface area contributed by atoms with Gasteiger partial charge in [0.1, 0.15) is 0 Å². The Kier molecular flexibility index (Phi) is 1.73. The molecule has 2 aliphatic rings. The van der Waals surface area contributed by atoms with Gasteiger partial charge >= 0.3 is 0 Å². The second-order valence-corrected chi connectivity index (χ2v) is 2.69. The van der Waals surface area contributed by atoms with Crippen molar-refractivity contribution in [3.05, 3.63) is 35.6 Å². The maximum atomic E-state index is 11.3. The predicted octanol–water partition coefficient (Wildman–Crippen LogP) is 1.32. The Hall–Kier alpha value is -1.84. The second kappa shape index (κ2) is 2.90. The van der Waals surface area contributed by atoms with Crippen LogP contribution in [-0.4, -0.2) is 11.7 Å². The summed E-state index contributed by atoms with van der Waals surface area (Å²) in [5.74, 6) is -0.443. The first kappa shape index (κ1) is 7.79. The summed E-state index contributed by atoms with van der Waals surface area (Å²) in [6.07, 6.45) is 6.43. The highest BCUT2D eigenvalue weighted by atomic mass is 16.1. The standard InChI is InChI=1S/C9H6N2O2/c12-8-3-1-2-7-6(8)4-5-9(13)11-10-7/h1-4H,5H2. The number of fused-ring (bicyclic) bond motifs is 1. The molecule has 1 amide bonds. The van der Waals surface area contributed by atoms with Crippen molar-refractivity contribution in [1.29, 1.82) is 0 Å². The van der Waals surface area contributed by atoms with Crippen LogP contribution in [0.2, 0.25) is 0 Å². The van der Waals surface area contributed by atoms with Crippen LogP contribution >= 0.6 is 0 Å². The van der Waals surface area contributed by atoms with Crippen LogP contribution < -0.4 is 0 Å². The fourth-order valence-corrected chi connectivity index (χ4v) is 1.16. The molecule has 1 aliphatic heterocycles. The van der Waals surface area contributed by atoms with Gasteiger partial charge < -0.3 is 0 Å². The van der Waals surface area contributed by atoms with Gasteiger partial charge in [0.25, 0.3) is 5.91 Å². The van der Waals surface area contributed by atoms with Crippen LogP contribution in [0.1, 0.15) is 6.42 Å². The normalized spacial score (nSPS) is 20.6. The van der Waals surface area contributed by atoms with E-state index < -0.39 is 0 Å². The van der Waals surface area contributed by atoms with E-state index in [2.05, 4.69) is 10.2 Å². The van der Waals surface area contributed by atoms with Gasteiger partial charge in [-0.25, -0.2) is 0 Å². The van der Waals surface area contributed by atoms with E-state index >= 15 is 0 Å². The summed E-state index contributed by atoms with van der Waals surface area (Å²) in [6, 6.07) is 0. The summed E-state index contributed by atoms with van der Waals surface area (Å²) in [6.45, 7) is 0. The van der Waals surface area contributed by atoms with Gasteiger partial charge in [-0.2, -0.15) is 0 Å². The van der Waals surface area contributed by atoms with Gasteiger partial charge in [-0.3, -0.25) is 9.59 Å². The van der Waals surface area contributed by atoms with Crippen molar-refractivity contribution in [2.45, 2.75) is 6.42 Å². The highest BCUT2D eigenvalue weighted by molar-refractivity contribution is 6.09. The van der Waals surface area contributed by atoms with Crippen molar-refractivity contribution in [1.82, 2.24) is 0 Å². The third-order valence-electron chi connectivity index (χ3n) is 1.79. The lowest BCUT2D eigenvalue weighted by molar-refractivity contribution is -0.117. The molecule has 0 N–H and O–H groups in total. The molecule has 0 aromatic carbocycles. The minimum atomic E-state index is -0.324. The van der Waals surface area contributed by atoms with Crippen molar-refractivity contribution in [2.75, 3.05) is 0 Å². The van der Waals surface area contributed by atoms with Crippen molar-refractivity contribution < 1.29 is 9.59 Å². The fraction of sp³-hybridized carbons (Fsp3) is 0.111. The van der Waals surface area contributed by atoms with Crippen molar-refractivity contribution in [3.63, 3.8) is 0 Å². The number of ketones is 1. The van der Waals surface area contributed by atoms with E-state index in [-0.39, 0.29) is 18.1 Å². The first-order valence-corrected chi connectivity index (χ1v) is 3.85. The quantitative estimate of drug-likeness (QED) is 0.556. The molecule has 13 heavy (non-hydrogen) atoms. The van der Waals surface area contributed by atoms with Crippen LogP contribution in [-0.2, 0) is 9.59 Å². The van der Waals surface area contributed by atoms with E-state index in [0.29, 0.717) is 11.3 Å². The van der Waals surface area contributed by atoms with Gasteiger partial charge in [0.2, 0.25) is 0 Å². The molecular weight excluding hydrogens is 168 g/mol. The first-order chi connectivity index (χ1) is 6.27. The largest absolute Gasteiger partial charge is 0.289 e. The minimum Gasteiger partial charge on any atom is -0.289 e. The maximum Gasteiger partial charge on any atom is 0.268 e. The minimum absolute atomic E-state index is 0.119. The Labute approximate surface area is 74.3 Å². The van der Waals surface area contributed by atoms with Gasteiger partial charge in [-0.1, -0.05) is 12.2 Å². The molecule has 0 saturated heterocycles. The average Bonchev–Trinajstić information content (AvgIpc) is 2.30. The lowest BCUT2D eigenvalue weighted by Gasteiger charge is -2.03. The number of amides is 1. The molecule has 0 atom stereocenters. The number of carbonyl (C=O) groups excluding carboxylic acids is 2. The third kappa shape index (κ3) is 1.38. The van der Waals surface area contributed by atoms with Crippen LogP contribution in [0.3, 0.4) is 0 Å². The van der Waals surface area contributed by atoms with Gasteiger partial charge in [0, 0.05) is 12.0 Å². The van der Waals surface area contributed by atoms with Crippen LogP contribution in [0.25, 0.3) is 0 Å². The molecule has 1 aliphatic carbocycles. The summed E-state index contributed by atoms with van der Waals surface area (Å²) < 4.78 is 0. The molecule has 1 heterocycles. The zero-order valence-electron chi connectivity index (χ0n) is 6.73. The molecule has 0 unspecified atom stereocenters. The summed E-state index contributed by atoms with van der Waals surface area (Å²) in [4.78, 5) is 22.1. The van der Waals surface area contributed by atoms with Crippen molar-refractivity contribution in [3.8, 4) is 0 Å². The molecule has 4 heteroatoms. The van der Waals surface area contributed by atoms with Crippen LogP contribution in [0.15, 0.2) is 45.8 Å². The molecule has 4 nitrogen and oxygen atoms in total. The van der Waals surface area contributed by atoms with E-state index in [9.17, 15) is 9.59 Å². The number of nitrogens with zero attached hydrogens (tertiary/aromatic N) is 2. The highest BCUT2D eigenvalue weighted by Gasteiger charge is 2.17. The lowest BCUT2D eigenvalue weighted by atomic mass is 10.0. The van der Waals surface area contributed by atoms with Crippen LogP contribution in [0, 0.1) is 0 Å². The molecular formula is C9H6N2O2. The number of hydrogen-bond donors (Lipinski definition) is 0. The van der Waals surface area contributed by atoms with Crippen molar-refractivity contribution >= 4 is 11.7 Å². The van der Waals surface area contributed by atoms with E-state index in [4.69, 9.17) is 0 Å². The molecule has 0 spiro atoms. The van der Waals surface area contributed by atoms with Crippen molar-refractivity contribution in [2.24, 2.45) is 10.2 Å². The smallest absolute Gasteiger partial charge is 0.268 e. The lowest BCUT2D eigenvalue weighted by Crippen LogP contribution is -2.03.